The summed E-state index contributed by atoms with van der Waals surface area (Å²) in [6, 6.07) is 9.95. The zero-order valence-corrected chi connectivity index (χ0v) is 14.7. The van der Waals surface area contributed by atoms with Crippen LogP contribution in [0.25, 0.3) is 0 Å². The molecule has 122 valence electrons. The smallest absolute Gasteiger partial charge is 0.264 e. The molecule has 0 saturated heterocycles. The summed E-state index contributed by atoms with van der Waals surface area (Å²) in [5.74, 6) is -0.108. The van der Waals surface area contributed by atoms with Crippen molar-refractivity contribution in [3.8, 4) is 0 Å². The summed E-state index contributed by atoms with van der Waals surface area (Å²) in [7, 11) is 0. The van der Waals surface area contributed by atoms with Crippen LogP contribution >= 0.6 is 11.3 Å². The average Bonchev–Trinajstić information content (AvgIpc) is 2.98. The summed E-state index contributed by atoms with van der Waals surface area (Å²) < 4.78 is 0. The van der Waals surface area contributed by atoms with Crippen LogP contribution in [0.2, 0.25) is 0 Å². The molecule has 0 aliphatic carbocycles. The highest BCUT2D eigenvalue weighted by Gasteiger charge is 2.20. The zero-order chi connectivity index (χ0) is 17.1. The highest BCUT2D eigenvalue weighted by molar-refractivity contribution is 7.11. The lowest BCUT2D eigenvalue weighted by Crippen LogP contribution is -2.29. The molecule has 1 aromatic carbocycles. The summed E-state index contributed by atoms with van der Waals surface area (Å²) in [6.45, 7) is 5.97. The van der Waals surface area contributed by atoms with Gasteiger partial charge in [0.05, 0.1) is 17.2 Å². The second-order valence-corrected chi connectivity index (χ2v) is 6.74. The van der Waals surface area contributed by atoms with E-state index in [1.165, 1.54) is 22.5 Å². The molecule has 1 atom stereocenters. The third-order valence-corrected chi connectivity index (χ3v) is 4.75. The molecular formula is C19H19N3OS. The molecule has 0 bridgehead atoms. The van der Waals surface area contributed by atoms with Crippen LogP contribution in [0.3, 0.4) is 0 Å². The number of hydrogen-bond acceptors (Lipinski definition) is 4. The maximum Gasteiger partial charge on any atom is 0.264 e. The Balaban J connectivity index is 2.00. The van der Waals surface area contributed by atoms with Crippen molar-refractivity contribution in [1.82, 2.24) is 15.3 Å². The van der Waals surface area contributed by atoms with E-state index in [9.17, 15) is 4.79 Å². The molecule has 0 fully saturated rings. The fourth-order valence-corrected chi connectivity index (χ4v) is 3.50. The SMILES string of the molecule is Cc1cc(C)cc([C@@H](NC(=O)c2scnc2C)c2cccnc2)c1. The first kappa shape index (κ1) is 16.3. The van der Waals surface area contributed by atoms with Crippen LogP contribution in [0.15, 0.2) is 48.2 Å². The number of amides is 1. The number of hydrogen-bond donors (Lipinski definition) is 1. The third-order valence-electron chi connectivity index (χ3n) is 3.82. The van der Waals surface area contributed by atoms with Gasteiger partial charge in [0.2, 0.25) is 0 Å². The normalized spacial score (nSPS) is 12.0. The number of nitrogens with one attached hydrogen (secondary N) is 1. The number of aromatic nitrogens is 2. The van der Waals surface area contributed by atoms with Gasteiger partial charge in [-0.1, -0.05) is 35.4 Å². The van der Waals surface area contributed by atoms with E-state index in [4.69, 9.17) is 0 Å². The van der Waals surface area contributed by atoms with Crippen LogP contribution < -0.4 is 5.32 Å². The van der Waals surface area contributed by atoms with E-state index < -0.39 is 0 Å². The van der Waals surface area contributed by atoms with Crippen LogP contribution in [-0.2, 0) is 0 Å². The molecule has 1 N–H and O–H groups in total. The van der Waals surface area contributed by atoms with Crippen molar-refractivity contribution < 1.29 is 4.79 Å². The third kappa shape index (κ3) is 3.51. The van der Waals surface area contributed by atoms with Gasteiger partial charge in [-0.2, -0.15) is 0 Å². The molecule has 2 aromatic heterocycles. The van der Waals surface area contributed by atoms with Crippen molar-refractivity contribution in [1.29, 1.82) is 0 Å². The molecule has 0 saturated carbocycles. The quantitative estimate of drug-likeness (QED) is 0.783. The lowest BCUT2D eigenvalue weighted by Gasteiger charge is -2.20. The van der Waals surface area contributed by atoms with Crippen LogP contribution in [0.5, 0.6) is 0 Å². The molecule has 3 rings (SSSR count). The minimum Gasteiger partial charge on any atom is -0.340 e. The van der Waals surface area contributed by atoms with Crippen LogP contribution in [-0.4, -0.2) is 15.9 Å². The van der Waals surface area contributed by atoms with E-state index in [1.807, 2.05) is 19.1 Å². The maximum atomic E-state index is 12.7. The summed E-state index contributed by atoms with van der Waals surface area (Å²) in [5, 5.41) is 3.14. The Hall–Kier alpha value is -2.53. The molecule has 0 spiro atoms. The summed E-state index contributed by atoms with van der Waals surface area (Å²) in [4.78, 5) is 21.7. The van der Waals surface area contributed by atoms with Gasteiger partial charge in [-0.25, -0.2) is 4.98 Å². The largest absolute Gasteiger partial charge is 0.340 e. The van der Waals surface area contributed by atoms with Gasteiger partial charge in [-0.3, -0.25) is 9.78 Å². The first-order valence-electron chi connectivity index (χ1n) is 7.73. The number of benzene rings is 1. The Labute approximate surface area is 145 Å². The van der Waals surface area contributed by atoms with E-state index >= 15 is 0 Å². The number of carbonyl (C=O) groups excluding carboxylic acids is 1. The van der Waals surface area contributed by atoms with Crippen LogP contribution in [0, 0.1) is 20.8 Å². The second kappa shape index (κ2) is 6.93. The highest BCUT2D eigenvalue weighted by Crippen LogP contribution is 2.25. The molecule has 0 aliphatic heterocycles. The second-order valence-electron chi connectivity index (χ2n) is 5.88. The number of rotatable bonds is 4. The number of carbonyl (C=O) groups is 1. The van der Waals surface area contributed by atoms with E-state index in [0.29, 0.717) is 4.88 Å². The number of pyridine rings is 1. The standard InChI is InChI=1S/C19H19N3OS/c1-12-7-13(2)9-16(8-12)17(15-5-4-6-20-10-15)22-19(23)18-14(3)21-11-24-18/h4-11,17H,1-3H3,(H,22,23)/t17-/m0/s1. The molecule has 2 heterocycles. The minimum atomic E-state index is -0.244. The van der Waals surface area contributed by atoms with E-state index in [2.05, 4.69) is 47.3 Å². The average molecular weight is 337 g/mol. The van der Waals surface area contributed by atoms with Crippen LogP contribution in [0.4, 0.5) is 0 Å². The number of aryl methyl sites for hydroxylation is 3. The van der Waals surface area contributed by atoms with Crippen molar-refractivity contribution in [2.24, 2.45) is 0 Å². The van der Waals surface area contributed by atoms with Crippen molar-refractivity contribution in [2.45, 2.75) is 26.8 Å². The van der Waals surface area contributed by atoms with E-state index in [1.54, 1.807) is 17.9 Å². The molecule has 0 radical (unpaired) electrons. The van der Waals surface area contributed by atoms with E-state index in [-0.39, 0.29) is 11.9 Å². The fraction of sp³-hybridized carbons (Fsp3) is 0.211. The first-order chi connectivity index (χ1) is 11.5. The van der Waals surface area contributed by atoms with Gasteiger partial charge in [0.1, 0.15) is 4.88 Å². The van der Waals surface area contributed by atoms with Crippen molar-refractivity contribution in [3.63, 3.8) is 0 Å². The van der Waals surface area contributed by atoms with Gasteiger partial charge >= 0.3 is 0 Å². The number of thiazole rings is 1. The molecule has 0 aliphatic rings. The van der Waals surface area contributed by atoms with Gasteiger partial charge in [-0.15, -0.1) is 11.3 Å². The molecule has 24 heavy (non-hydrogen) atoms. The fourth-order valence-electron chi connectivity index (χ4n) is 2.80. The number of nitrogens with zero attached hydrogens (tertiary/aromatic N) is 2. The predicted octanol–water partition coefficient (Wildman–Crippen LogP) is 3.98. The van der Waals surface area contributed by atoms with Crippen LogP contribution in [0.1, 0.15) is 43.7 Å². The monoisotopic (exact) mass is 337 g/mol. The van der Waals surface area contributed by atoms with Gasteiger partial charge in [0.15, 0.2) is 0 Å². The molecule has 5 heteroatoms. The first-order valence-corrected chi connectivity index (χ1v) is 8.61. The highest BCUT2D eigenvalue weighted by atomic mass is 32.1. The molecular weight excluding hydrogens is 318 g/mol. The van der Waals surface area contributed by atoms with Gasteiger partial charge in [-0.05, 0) is 38.0 Å². The molecule has 3 aromatic rings. The topological polar surface area (TPSA) is 54.9 Å². The van der Waals surface area contributed by atoms with Gasteiger partial charge in [0.25, 0.3) is 5.91 Å². The predicted molar refractivity (Wildman–Crippen MR) is 96.3 cm³/mol. The Bertz CT molecular complexity index is 838. The Kier molecular flexibility index (Phi) is 4.71. The summed E-state index contributed by atoms with van der Waals surface area (Å²) >= 11 is 1.36. The van der Waals surface area contributed by atoms with Gasteiger partial charge < -0.3 is 5.32 Å². The molecule has 0 unspecified atom stereocenters. The molecule has 1 amide bonds. The summed E-state index contributed by atoms with van der Waals surface area (Å²) in [5.41, 5.74) is 6.79. The summed E-state index contributed by atoms with van der Waals surface area (Å²) in [6.07, 6.45) is 3.53. The maximum absolute atomic E-state index is 12.7. The lowest BCUT2D eigenvalue weighted by molar-refractivity contribution is 0.0946. The Morgan fingerprint density at radius 2 is 1.88 bits per heavy atom. The Morgan fingerprint density at radius 1 is 1.12 bits per heavy atom. The van der Waals surface area contributed by atoms with E-state index in [0.717, 1.165) is 16.8 Å². The Morgan fingerprint density at radius 3 is 2.46 bits per heavy atom. The molecule has 4 nitrogen and oxygen atoms in total. The zero-order valence-electron chi connectivity index (χ0n) is 13.9. The van der Waals surface area contributed by atoms with Crippen molar-refractivity contribution >= 4 is 17.2 Å². The van der Waals surface area contributed by atoms with Crippen molar-refractivity contribution in [2.75, 3.05) is 0 Å². The minimum absolute atomic E-state index is 0.108. The van der Waals surface area contributed by atoms with Crippen molar-refractivity contribution in [3.05, 3.63) is 81.1 Å². The van der Waals surface area contributed by atoms with Gasteiger partial charge in [0, 0.05) is 12.4 Å². The lowest BCUT2D eigenvalue weighted by atomic mass is 9.96.